The normalized spacial score (nSPS) is 9.55. The Kier molecular flexibility index (Phi) is 2.84. The fourth-order valence-electron chi connectivity index (χ4n) is 1.07. The molecule has 0 spiro atoms. The molecule has 0 fully saturated rings. The molecule has 1 aromatic heterocycles. The average Bonchev–Trinajstić information content (AvgIpc) is 2.34. The van der Waals surface area contributed by atoms with Gasteiger partial charge < -0.3 is 0 Å². The fourth-order valence-corrected chi connectivity index (χ4v) is 1.90. The first kappa shape index (κ1) is 8.94. The van der Waals surface area contributed by atoms with E-state index >= 15 is 0 Å². The van der Waals surface area contributed by atoms with Crippen LogP contribution in [-0.2, 0) is 0 Å². The second-order valence-corrected chi connectivity index (χ2v) is 3.79. The van der Waals surface area contributed by atoms with Crippen molar-refractivity contribution in [3.8, 4) is 0 Å². The van der Waals surface area contributed by atoms with Gasteiger partial charge in [-0.2, -0.15) is 0 Å². The van der Waals surface area contributed by atoms with Gasteiger partial charge in [-0.1, -0.05) is 0 Å². The molecule has 0 aliphatic carbocycles. The molecule has 2 rings (SSSR count). The zero-order chi connectivity index (χ0) is 6.97. The molecule has 11 heavy (non-hydrogen) atoms. The van der Waals surface area contributed by atoms with Crippen molar-refractivity contribution in [2.24, 2.45) is 0 Å². The average molecular weight is 271 g/mol. The molecule has 1 N–H and O–H groups in total. The number of aromatic amines is 1. The Morgan fingerprint density at radius 3 is 2.64 bits per heavy atom. The molecule has 2 aromatic rings. The van der Waals surface area contributed by atoms with Crippen LogP contribution in [0.2, 0.25) is 0 Å². The van der Waals surface area contributed by atoms with Crippen molar-refractivity contribution in [2.75, 3.05) is 0 Å². The molecule has 0 saturated carbocycles. The number of nitrogens with one attached hydrogen (secondary N) is 1. The predicted molar refractivity (Wildman–Crippen MR) is 50.9 cm³/mol. The molecule has 0 amide bonds. The number of rotatable bonds is 0. The van der Waals surface area contributed by atoms with Crippen LogP contribution in [0.25, 0.3) is 10.9 Å². The van der Waals surface area contributed by atoms with E-state index in [0.717, 1.165) is 0 Å². The summed E-state index contributed by atoms with van der Waals surface area (Å²) in [5.74, 6) is 0. The van der Waals surface area contributed by atoms with E-state index in [4.69, 9.17) is 0 Å². The van der Waals surface area contributed by atoms with Crippen LogP contribution in [0.5, 0.6) is 0 Å². The van der Waals surface area contributed by atoms with E-state index in [2.05, 4.69) is 29.4 Å². The second kappa shape index (κ2) is 3.50. The van der Waals surface area contributed by atoms with Crippen LogP contribution in [-0.4, -0.2) is 27.5 Å². The molecule has 0 unspecified atom stereocenters. The molecule has 3 heteroatoms. The topological polar surface area (TPSA) is 15.8 Å². The van der Waals surface area contributed by atoms with E-state index in [-0.39, 0.29) is 12.4 Å². The van der Waals surface area contributed by atoms with E-state index in [1.54, 1.807) is 0 Å². The molecule has 0 bridgehead atoms. The van der Waals surface area contributed by atoms with Crippen LogP contribution in [0.4, 0.5) is 0 Å². The molecule has 1 heterocycles. The van der Waals surface area contributed by atoms with Crippen molar-refractivity contribution in [1.82, 2.24) is 4.98 Å². The van der Waals surface area contributed by atoms with Crippen LogP contribution in [0.15, 0.2) is 30.5 Å². The van der Waals surface area contributed by atoms with Gasteiger partial charge in [0.05, 0.1) is 0 Å². The molecule has 1 aromatic carbocycles. The van der Waals surface area contributed by atoms with Gasteiger partial charge in [0.25, 0.3) is 0 Å². The van der Waals surface area contributed by atoms with Crippen molar-refractivity contribution < 1.29 is 0 Å². The summed E-state index contributed by atoms with van der Waals surface area (Å²) in [6.07, 6.45) is 2.07. The Hall–Kier alpha value is -0.151. The van der Waals surface area contributed by atoms with Gasteiger partial charge in [-0.3, -0.25) is 0 Å². The number of fused-ring (bicyclic) bond motifs is 1. The molecule has 55 valence electrons. The molecule has 3 radical (unpaired) electrons. The van der Waals surface area contributed by atoms with E-state index in [1.165, 1.54) is 37.0 Å². The SMILES string of the molecule is Cl.[Sn][c]1c[nH]c2ccccc12. The van der Waals surface area contributed by atoms with E-state index < -0.39 is 0 Å². The number of aromatic nitrogens is 1. The summed E-state index contributed by atoms with van der Waals surface area (Å²) in [5, 5.41) is 1.36. The number of H-pyrrole nitrogens is 1. The number of benzene rings is 1. The van der Waals surface area contributed by atoms with Crippen LogP contribution in [0.3, 0.4) is 0 Å². The molecule has 0 aliphatic rings. The van der Waals surface area contributed by atoms with Crippen molar-refractivity contribution in [1.29, 1.82) is 0 Å². The molecule has 0 aliphatic heterocycles. The summed E-state index contributed by atoms with van der Waals surface area (Å²) < 4.78 is 1.41. The predicted octanol–water partition coefficient (Wildman–Crippen LogP) is 1.38. The fraction of sp³-hybridized carbons (Fsp3) is 0. The van der Waals surface area contributed by atoms with Gasteiger partial charge >= 0.3 is 72.5 Å². The Bertz CT molecular complexity index is 356. The van der Waals surface area contributed by atoms with Gasteiger partial charge in [-0.15, -0.1) is 12.4 Å². The molecular weight excluding hydrogens is 264 g/mol. The Morgan fingerprint density at radius 1 is 1.18 bits per heavy atom. The van der Waals surface area contributed by atoms with E-state index in [1.807, 2.05) is 6.07 Å². The first-order valence-electron chi connectivity index (χ1n) is 3.15. The van der Waals surface area contributed by atoms with E-state index in [9.17, 15) is 0 Å². The van der Waals surface area contributed by atoms with Crippen LogP contribution >= 0.6 is 12.4 Å². The van der Waals surface area contributed by atoms with E-state index in [0.29, 0.717) is 0 Å². The molecule has 1 nitrogen and oxygen atoms in total. The quantitative estimate of drug-likeness (QED) is 0.697. The van der Waals surface area contributed by atoms with Gasteiger partial charge in [0.15, 0.2) is 0 Å². The third kappa shape index (κ3) is 1.54. The molecule has 0 atom stereocenters. The van der Waals surface area contributed by atoms with Gasteiger partial charge in [-0.05, 0) is 0 Å². The van der Waals surface area contributed by atoms with Crippen molar-refractivity contribution in [3.63, 3.8) is 0 Å². The Labute approximate surface area is 84.7 Å². The zero-order valence-corrected chi connectivity index (χ0v) is 9.47. The summed E-state index contributed by atoms with van der Waals surface area (Å²) in [5.41, 5.74) is 1.24. The first-order valence-corrected chi connectivity index (χ1v) is 4.58. The third-order valence-corrected chi connectivity index (χ3v) is 2.77. The van der Waals surface area contributed by atoms with Crippen LogP contribution in [0, 0.1) is 0 Å². The summed E-state index contributed by atoms with van der Waals surface area (Å²) in [6, 6.07) is 8.37. The zero-order valence-electron chi connectivity index (χ0n) is 5.79. The summed E-state index contributed by atoms with van der Waals surface area (Å²) in [6.45, 7) is 0. The Morgan fingerprint density at radius 2 is 1.91 bits per heavy atom. The van der Waals surface area contributed by atoms with Gasteiger partial charge in [0.1, 0.15) is 0 Å². The third-order valence-electron chi connectivity index (χ3n) is 1.59. The minimum absolute atomic E-state index is 0. The minimum atomic E-state index is 0. The monoisotopic (exact) mass is 272 g/mol. The second-order valence-electron chi connectivity index (χ2n) is 2.25. The van der Waals surface area contributed by atoms with Crippen molar-refractivity contribution in [3.05, 3.63) is 30.5 Å². The van der Waals surface area contributed by atoms with Crippen molar-refractivity contribution >= 4 is 49.4 Å². The molecule has 0 saturated heterocycles. The maximum absolute atomic E-state index is 3.21. The van der Waals surface area contributed by atoms with Crippen LogP contribution < -0.4 is 3.58 Å². The standard InChI is InChI=1S/C8H6N.ClH.Sn/c1-2-4-8-7(3-1)5-6-9-8;;/h1-4,6,9H;1H;. The first-order chi connectivity index (χ1) is 4.88. The van der Waals surface area contributed by atoms with Gasteiger partial charge in [0, 0.05) is 0 Å². The number of hydrogen-bond donors (Lipinski definition) is 1. The number of para-hydroxylation sites is 1. The van der Waals surface area contributed by atoms with Gasteiger partial charge in [0.2, 0.25) is 0 Å². The van der Waals surface area contributed by atoms with Crippen LogP contribution in [0.1, 0.15) is 0 Å². The summed E-state index contributed by atoms with van der Waals surface area (Å²) >= 11 is 1.47. The van der Waals surface area contributed by atoms with Crippen molar-refractivity contribution in [2.45, 2.75) is 0 Å². The summed E-state index contributed by atoms with van der Waals surface area (Å²) in [7, 11) is 0. The maximum atomic E-state index is 3.21. The molecular formula is C8H7ClNSn. The number of halogens is 1. The number of hydrogen-bond acceptors (Lipinski definition) is 0. The Balaban J connectivity index is 0.000000605. The summed E-state index contributed by atoms with van der Waals surface area (Å²) in [4.78, 5) is 3.21. The van der Waals surface area contributed by atoms with Gasteiger partial charge in [-0.25, -0.2) is 0 Å².